The number of aliphatic imine (C=N–C) groups is 1. The topological polar surface area (TPSA) is 49.7 Å². The number of nitrogens with zero attached hydrogens (tertiary/aromatic N) is 2. The predicted octanol–water partition coefficient (Wildman–Crippen LogP) is 2.10. The van der Waals surface area contributed by atoms with E-state index in [0.29, 0.717) is 18.2 Å². The fourth-order valence-electron chi connectivity index (χ4n) is 2.34. The monoisotopic (exact) mass is 228 g/mol. The minimum absolute atomic E-state index is 0.187. The molecule has 0 aromatic heterocycles. The third-order valence-corrected chi connectivity index (χ3v) is 3.29. The van der Waals surface area contributed by atoms with E-state index >= 15 is 0 Å². The Morgan fingerprint density at radius 3 is 2.82 bits per heavy atom. The van der Waals surface area contributed by atoms with Crippen LogP contribution in [-0.2, 0) is 16.0 Å². The number of rotatable bonds is 2. The van der Waals surface area contributed by atoms with Crippen molar-refractivity contribution in [3.63, 3.8) is 0 Å². The maximum Gasteiger partial charge on any atom is 0.240 e. The molecule has 1 amide bonds. The van der Waals surface area contributed by atoms with Gasteiger partial charge in [0.1, 0.15) is 0 Å². The molecular formula is C13H12N2O2. The van der Waals surface area contributed by atoms with Crippen molar-refractivity contribution in [1.29, 1.82) is 0 Å². The third-order valence-electron chi connectivity index (χ3n) is 3.29. The summed E-state index contributed by atoms with van der Waals surface area (Å²) in [6.07, 6.45) is 5.05. The zero-order chi connectivity index (χ0) is 11.8. The Morgan fingerprint density at radius 2 is 2.12 bits per heavy atom. The van der Waals surface area contributed by atoms with Gasteiger partial charge in [-0.15, -0.1) is 0 Å². The summed E-state index contributed by atoms with van der Waals surface area (Å²) < 4.78 is 0. The number of anilines is 1. The van der Waals surface area contributed by atoms with Crippen LogP contribution in [0.2, 0.25) is 0 Å². The van der Waals surface area contributed by atoms with E-state index in [1.807, 2.05) is 17.0 Å². The summed E-state index contributed by atoms with van der Waals surface area (Å²) in [6.45, 7) is 0. The minimum atomic E-state index is 0.187. The summed E-state index contributed by atoms with van der Waals surface area (Å²) in [7, 11) is 0. The second kappa shape index (κ2) is 3.82. The van der Waals surface area contributed by atoms with Crippen molar-refractivity contribution in [2.75, 3.05) is 4.90 Å². The number of fused-ring (bicyclic) bond motifs is 1. The van der Waals surface area contributed by atoms with E-state index in [4.69, 9.17) is 0 Å². The first-order valence-electron chi connectivity index (χ1n) is 5.82. The van der Waals surface area contributed by atoms with E-state index in [2.05, 4.69) is 4.99 Å². The molecule has 4 heteroatoms. The number of hydrogen-bond acceptors (Lipinski definition) is 3. The Balaban J connectivity index is 2.07. The normalized spacial score (nSPS) is 18.6. The van der Waals surface area contributed by atoms with Gasteiger partial charge in [0.15, 0.2) is 0 Å². The lowest BCUT2D eigenvalue weighted by molar-refractivity contribution is -0.119. The number of carbonyl (C=O) groups is 1. The number of benzene rings is 1. The molecule has 1 aliphatic heterocycles. The SMILES string of the molecule is O=C=Nc1ccc2c(c1)N(C1CC1)C(=O)CC2. The minimum Gasteiger partial charge on any atom is -0.309 e. The van der Waals surface area contributed by atoms with E-state index in [1.165, 1.54) is 11.6 Å². The zero-order valence-corrected chi connectivity index (χ0v) is 9.35. The van der Waals surface area contributed by atoms with Crippen LogP contribution in [0, 0.1) is 0 Å². The Labute approximate surface area is 99.0 Å². The first kappa shape index (κ1) is 10.2. The summed E-state index contributed by atoms with van der Waals surface area (Å²) in [6, 6.07) is 5.92. The van der Waals surface area contributed by atoms with E-state index in [9.17, 15) is 9.59 Å². The summed E-state index contributed by atoms with van der Waals surface area (Å²) in [4.78, 5) is 27.7. The number of amides is 1. The summed E-state index contributed by atoms with van der Waals surface area (Å²) in [5, 5.41) is 0. The van der Waals surface area contributed by atoms with Crippen LogP contribution in [0.5, 0.6) is 0 Å². The lowest BCUT2D eigenvalue weighted by Gasteiger charge is -2.29. The number of aryl methyl sites for hydroxylation is 1. The van der Waals surface area contributed by atoms with Crippen molar-refractivity contribution in [2.45, 2.75) is 31.7 Å². The molecule has 2 aliphatic rings. The van der Waals surface area contributed by atoms with Gasteiger partial charge in [-0.2, -0.15) is 4.99 Å². The molecule has 0 spiro atoms. The van der Waals surface area contributed by atoms with Gasteiger partial charge in [0, 0.05) is 18.2 Å². The van der Waals surface area contributed by atoms with Gasteiger partial charge in [-0.25, -0.2) is 4.79 Å². The molecule has 3 rings (SSSR count). The van der Waals surface area contributed by atoms with Crippen molar-refractivity contribution < 1.29 is 9.59 Å². The van der Waals surface area contributed by atoms with Crippen molar-refractivity contribution in [1.82, 2.24) is 0 Å². The predicted molar refractivity (Wildman–Crippen MR) is 63.1 cm³/mol. The van der Waals surface area contributed by atoms with Gasteiger partial charge in [0.25, 0.3) is 0 Å². The van der Waals surface area contributed by atoms with Gasteiger partial charge < -0.3 is 4.90 Å². The highest BCUT2D eigenvalue weighted by atomic mass is 16.2. The molecule has 1 aromatic carbocycles. The van der Waals surface area contributed by atoms with E-state index in [1.54, 1.807) is 6.07 Å². The van der Waals surface area contributed by atoms with E-state index in [-0.39, 0.29) is 5.91 Å². The van der Waals surface area contributed by atoms with Crippen LogP contribution in [0.25, 0.3) is 0 Å². The Kier molecular flexibility index (Phi) is 2.30. The van der Waals surface area contributed by atoms with E-state index in [0.717, 1.165) is 24.9 Å². The largest absolute Gasteiger partial charge is 0.309 e. The Hall–Kier alpha value is -1.93. The average molecular weight is 228 g/mol. The van der Waals surface area contributed by atoms with Crippen LogP contribution < -0.4 is 4.90 Å². The molecule has 86 valence electrons. The van der Waals surface area contributed by atoms with Crippen molar-refractivity contribution in [2.24, 2.45) is 4.99 Å². The number of hydrogen-bond donors (Lipinski definition) is 0. The van der Waals surface area contributed by atoms with Crippen LogP contribution in [0.1, 0.15) is 24.8 Å². The van der Waals surface area contributed by atoms with Crippen LogP contribution in [0.4, 0.5) is 11.4 Å². The first-order chi connectivity index (χ1) is 8.29. The molecule has 0 unspecified atom stereocenters. The Bertz CT molecular complexity index is 528. The van der Waals surface area contributed by atoms with Crippen LogP contribution in [0.3, 0.4) is 0 Å². The average Bonchev–Trinajstić information content (AvgIpc) is 3.13. The number of isocyanates is 1. The Morgan fingerprint density at radius 1 is 1.29 bits per heavy atom. The van der Waals surface area contributed by atoms with Gasteiger partial charge in [-0.1, -0.05) is 6.07 Å². The highest BCUT2D eigenvalue weighted by Gasteiger charge is 2.36. The summed E-state index contributed by atoms with van der Waals surface area (Å²) in [5.41, 5.74) is 2.67. The molecule has 1 aliphatic carbocycles. The molecule has 0 bridgehead atoms. The van der Waals surface area contributed by atoms with Crippen LogP contribution in [0.15, 0.2) is 23.2 Å². The van der Waals surface area contributed by atoms with Gasteiger partial charge >= 0.3 is 0 Å². The number of carbonyl (C=O) groups excluding carboxylic acids is 2. The summed E-state index contributed by atoms with van der Waals surface area (Å²) >= 11 is 0. The second-order valence-corrected chi connectivity index (χ2v) is 4.51. The van der Waals surface area contributed by atoms with Crippen molar-refractivity contribution in [3.05, 3.63) is 23.8 Å². The molecular weight excluding hydrogens is 216 g/mol. The fraction of sp³-hybridized carbons (Fsp3) is 0.385. The molecule has 4 nitrogen and oxygen atoms in total. The van der Waals surface area contributed by atoms with Crippen LogP contribution >= 0.6 is 0 Å². The van der Waals surface area contributed by atoms with Crippen molar-refractivity contribution in [3.8, 4) is 0 Å². The quantitative estimate of drug-likeness (QED) is 0.575. The molecule has 17 heavy (non-hydrogen) atoms. The molecule has 0 saturated heterocycles. The molecule has 0 atom stereocenters. The lowest BCUT2D eigenvalue weighted by atomic mass is 10.0. The maximum absolute atomic E-state index is 11.9. The first-order valence-corrected chi connectivity index (χ1v) is 5.82. The molecule has 0 N–H and O–H groups in total. The molecule has 1 aromatic rings. The molecule has 1 fully saturated rings. The van der Waals surface area contributed by atoms with Gasteiger partial charge in [0.05, 0.1) is 5.69 Å². The van der Waals surface area contributed by atoms with Gasteiger partial charge in [-0.3, -0.25) is 4.79 Å². The van der Waals surface area contributed by atoms with Gasteiger partial charge in [-0.05, 0) is 37.0 Å². The highest BCUT2D eigenvalue weighted by Crippen LogP contribution is 2.39. The highest BCUT2D eigenvalue weighted by molar-refractivity contribution is 5.98. The second-order valence-electron chi connectivity index (χ2n) is 4.51. The molecule has 1 saturated carbocycles. The third kappa shape index (κ3) is 1.77. The van der Waals surface area contributed by atoms with E-state index < -0.39 is 0 Å². The maximum atomic E-state index is 11.9. The molecule has 0 radical (unpaired) electrons. The summed E-state index contributed by atoms with van der Waals surface area (Å²) in [5.74, 6) is 0.187. The van der Waals surface area contributed by atoms with Gasteiger partial charge in [0.2, 0.25) is 12.0 Å². The lowest BCUT2D eigenvalue weighted by Crippen LogP contribution is -2.36. The van der Waals surface area contributed by atoms with Crippen LogP contribution in [-0.4, -0.2) is 18.0 Å². The fourth-order valence-corrected chi connectivity index (χ4v) is 2.34. The standard InChI is InChI=1S/C13H12N2O2/c16-8-14-10-3-1-9-2-6-13(17)15(11-4-5-11)12(9)7-10/h1,3,7,11H,2,4-6H2. The smallest absolute Gasteiger partial charge is 0.240 e. The zero-order valence-electron chi connectivity index (χ0n) is 9.35. The molecule has 1 heterocycles. The van der Waals surface area contributed by atoms with Crippen molar-refractivity contribution >= 4 is 23.4 Å².